The fourth-order valence-corrected chi connectivity index (χ4v) is 1.85. The average Bonchev–Trinajstić information content (AvgIpc) is 2.29. The lowest BCUT2D eigenvalue weighted by Gasteiger charge is -2.10. The summed E-state index contributed by atoms with van der Waals surface area (Å²) >= 11 is 3.14. The van der Waals surface area contributed by atoms with Crippen molar-refractivity contribution in [3.8, 4) is 0 Å². The van der Waals surface area contributed by atoms with Crippen molar-refractivity contribution in [3.05, 3.63) is 34.1 Å². The van der Waals surface area contributed by atoms with Crippen molar-refractivity contribution in [2.75, 3.05) is 20.3 Å². The number of halogens is 2. The van der Waals surface area contributed by atoms with E-state index in [9.17, 15) is 9.50 Å². The number of hydrogen-bond acceptors (Lipinski definition) is 3. The molecule has 96 valence electrons. The van der Waals surface area contributed by atoms with Crippen LogP contribution in [0.4, 0.5) is 4.39 Å². The van der Waals surface area contributed by atoms with E-state index in [4.69, 9.17) is 4.74 Å². The normalized spacial score (nSPS) is 12.7. The molecule has 1 atom stereocenters. The molecular weight excluding hydrogens is 289 g/mol. The van der Waals surface area contributed by atoms with Gasteiger partial charge in [-0.25, -0.2) is 4.39 Å². The second-order valence-corrected chi connectivity index (χ2v) is 4.68. The zero-order chi connectivity index (χ0) is 12.7. The van der Waals surface area contributed by atoms with Crippen molar-refractivity contribution >= 4 is 15.9 Å². The number of hydrogen-bond donors (Lipinski definition) is 2. The Hall–Kier alpha value is -0.490. The van der Waals surface area contributed by atoms with Crippen LogP contribution in [0.25, 0.3) is 0 Å². The Morgan fingerprint density at radius 3 is 2.94 bits per heavy atom. The van der Waals surface area contributed by atoms with Crippen molar-refractivity contribution in [2.24, 2.45) is 0 Å². The highest BCUT2D eigenvalue weighted by atomic mass is 79.9. The van der Waals surface area contributed by atoms with Crippen LogP contribution >= 0.6 is 15.9 Å². The first-order valence-corrected chi connectivity index (χ1v) is 6.24. The SMILES string of the molecule is COCC(O)CCNCc1ccc(F)c(Br)c1. The van der Waals surface area contributed by atoms with Crippen LogP contribution < -0.4 is 5.32 Å². The Kier molecular flexibility index (Phi) is 6.65. The second kappa shape index (κ2) is 7.76. The van der Waals surface area contributed by atoms with E-state index >= 15 is 0 Å². The topological polar surface area (TPSA) is 41.5 Å². The molecule has 0 aromatic heterocycles. The van der Waals surface area contributed by atoms with Gasteiger partial charge in [0.05, 0.1) is 17.2 Å². The highest BCUT2D eigenvalue weighted by molar-refractivity contribution is 9.10. The van der Waals surface area contributed by atoms with Crippen LogP contribution in [0.2, 0.25) is 0 Å². The average molecular weight is 306 g/mol. The first-order chi connectivity index (χ1) is 8.13. The van der Waals surface area contributed by atoms with Gasteiger partial charge in [0.25, 0.3) is 0 Å². The van der Waals surface area contributed by atoms with E-state index in [0.29, 0.717) is 30.6 Å². The zero-order valence-electron chi connectivity index (χ0n) is 9.75. The van der Waals surface area contributed by atoms with Crippen molar-refractivity contribution in [1.82, 2.24) is 5.32 Å². The lowest BCUT2D eigenvalue weighted by Crippen LogP contribution is -2.23. The maximum atomic E-state index is 13.0. The van der Waals surface area contributed by atoms with Gasteiger partial charge in [0.1, 0.15) is 5.82 Å². The first-order valence-electron chi connectivity index (χ1n) is 5.45. The molecule has 0 amide bonds. The quantitative estimate of drug-likeness (QED) is 0.758. The Labute approximate surface area is 109 Å². The van der Waals surface area contributed by atoms with Gasteiger partial charge in [-0.15, -0.1) is 0 Å². The van der Waals surface area contributed by atoms with Gasteiger partial charge in [0.15, 0.2) is 0 Å². The molecule has 0 aliphatic rings. The van der Waals surface area contributed by atoms with Gasteiger partial charge in [-0.1, -0.05) is 6.07 Å². The van der Waals surface area contributed by atoms with Crippen LogP contribution in [0.3, 0.4) is 0 Å². The van der Waals surface area contributed by atoms with E-state index in [1.54, 1.807) is 19.2 Å². The summed E-state index contributed by atoms with van der Waals surface area (Å²) in [6.07, 6.45) is 0.198. The summed E-state index contributed by atoms with van der Waals surface area (Å²) in [5.74, 6) is -0.260. The molecule has 0 saturated heterocycles. The summed E-state index contributed by atoms with van der Waals surface area (Å²) in [7, 11) is 1.56. The predicted molar refractivity (Wildman–Crippen MR) is 68.3 cm³/mol. The highest BCUT2D eigenvalue weighted by Crippen LogP contribution is 2.16. The van der Waals surface area contributed by atoms with Crippen LogP contribution in [0.15, 0.2) is 22.7 Å². The molecule has 0 saturated carbocycles. The minimum Gasteiger partial charge on any atom is -0.391 e. The molecule has 0 radical (unpaired) electrons. The number of aliphatic hydroxyl groups is 1. The number of nitrogens with one attached hydrogen (secondary N) is 1. The summed E-state index contributed by atoms with van der Waals surface area (Å²) in [5.41, 5.74) is 1.000. The van der Waals surface area contributed by atoms with Crippen molar-refractivity contribution in [2.45, 2.75) is 19.1 Å². The third kappa shape index (κ3) is 5.59. The minimum absolute atomic E-state index is 0.260. The van der Waals surface area contributed by atoms with E-state index in [2.05, 4.69) is 21.2 Å². The fourth-order valence-electron chi connectivity index (χ4n) is 1.43. The van der Waals surface area contributed by atoms with E-state index in [1.807, 2.05) is 0 Å². The summed E-state index contributed by atoms with van der Waals surface area (Å²) in [5, 5.41) is 12.6. The standard InChI is InChI=1S/C12H17BrFNO2/c1-17-8-10(16)4-5-15-7-9-2-3-12(14)11(13)6-9/h2-3,6,10,15-16H,4-5,7-8H2,1H3. The van der Waals surface area contributed by atoms with Gasteiger partial charge in [-0.3, -0.25) is 0 Å². The molecule has 0 aliphatic heterocycles. The van der Waals surface area contributed by atoms with Gasteiger partial charge in [-0.2, -0.15) is 0 Å². The molecule has 0 bridgehead atoms. The molecule has 0 fully saturated rings. The number of ether oxygens (including phenoxy) is 1. The van der Waals surface area contributed by atoms with E-state index in [0.717, 1.165) is 5.56 Å². The zero-order valence-corrected chi connectivity index (χ0v) is 11.3. The highest BCUT2D eigenvalue weighted by Gasteiger charge is 2.03. The number of rotatable bonds is 7. The van der Waals surface area contributed by atoms with Crippen LogP contribution in [0, 0.1) is 5.82 Å². The Balaban J connectivity index is 2.24. The number of benzene rings is 1. The maximum absolute atomic E-state index is 13.0. The van der Waals surface area contributed by atoms with Gasteiger partial charge in [0, 0.05) is 13.7 Å². The Bertz CT molecular complexity index is 349. The lowest BCUT2D eigenvalue weighted by atomic mass is 10.2. The molecule has 1 unspecified atom stereocenters. The van der Waals surface area contributed by atoms with E-state index < -0.39 is 6.10 Å². The van der Waals surface area contributed by atoms with E-state index in [1.165, 1.54) is 6.07 Å². The molecule has 1 rings (SSSR count). The lowest BCUT2D eigenvalue weighted by molar-refractivity contribution is 0.0594. The smallest absolute Gasteiger partial charge is 0.137 e. The monoisotopic (exact) mass is 305 g/mol. The molecule has 0 heterocycles. The summed E-state index contributed by atoms with van der Waals surface area (Å²) < 4.78 is 18.3. The maximum Gasteiger partial charge on any atom is 0.137 e. The summed E-state index contributed by atoms with van der Waals surface area (Å²) in [6, 6.07) is 4.91. The molecule has 0 spiro atoms. The van der Waals surface area contributed by atoms with Gasteiger partial charge in [0.2, 0.25) is 0 Å². The van der Waals surface area contributed by atoms with Crippen LogP contribution in [-0.2, 0) is 11.3 Å². The molecule has 0 aliphatic carbocycles. The molecule has 1 aromatic carbocycles. The predicted octanol–water partition coefficient (Wildman–Crippen LogP) is 2.08. The minimum atomic E-state index is -0.438. The number of aliphatic hydroxyl groups excluding tert-OH is 1. The number of methoxy groups -OCH3 is 1. The van der Waals surface area contributed by atoms with Crippen LogP contribution in [0.5, 0.6) is 0 Å². The van der Waals surface area contributed by atoms with Gasteiger partial charge in [-0.05, 0) is 46.6 Å². The van der Waals surface area contributed by atoms with Crippen LogP contribution in [-0.4, -0.2) is 31.5 Å². The Morgan fingerprint density at radius 2 is 2.29 bits per heavy atom. The second-order valence-electron chi connectivity index (χ2n) is 3.82. The molecule has 2 N–H and O–H groups in total. The van der Waals surface area contributed by atoms with Gasteiger partial charge < -0.3 is 15.2 Å². The van der Waals surface area contributed by atoms with Crippen molar-refractivity contribution in [3.63, 3.8) is 0 Å². The molecule has 17 heavy (non-hydrogen) atoms. The fraction of sp³-hybridized carbons (Fsp3) is 0.500. The third-order valence-corrected chi connectivity index (χ3v) is 2.93. The largest absolute Gasteiger partial charge is 0.391 e. The van der Waals surface area contributed by atoms with Gasteiger partial charge >= 0.3 is 0 Å². The third-order valence-electron chi connectivity index (χ3n) is 2.33. The van der Waals surface area contributed by atoms with Crippen LogP contribution in [0.1, 0.15) is 12.0 Å². The summed E-state index contributed by atoms with van der Waals surface area (Å²) in [4.78, 5) is 0. The van der Waals surface area contributed by atoms with E-state index in [-0.39, 0.29) is 5.82 Å². The molecule has 1 aromatic rings. The molecular formula is C12H17BrFNO2. The van der Waals surface area contributed by atoms with Crippen molar-refractivity contribution < 1.29 is 14.2 Å². The Morgan fingerprint density at radius 1 is 1.53 bits per heavy atom. The summed E-state index contributed by atoms with van der Waals surface area (Å²) in [6.45, 7) is 1.70. The van der Waals surface area contributed by atoms with Crippen molar-refractivity contribution in [1.29, 1.82) is 0 Å². The molecule has 5 heteroatoms. The molecule has 3 nitrogen and oxygen atoms in total. The first kappa shape index (κ1) is 14.6.